The Bertz CT molecular complexity index is 841. The molecule has 4 rings (SSSR count). The van der Waals surface area contributed by atoms with Crippen LogP contribution in [0.25, 0.3) is 5.69 Å². The van der Waals surface area contributed by atoms with Crippen LogP contribution in [-0.4, -0.2) is 44.7 Å². The first kappa shape index (κ1) is 16.3. The summed E-state index contributed by atoms with van der Waals surface area (Å²) >= 11 is 0. The van der Waals surface area contributed by atoms with E-state index in [1.807, 2.05) is 29.0 Å². The van der Waals surface area contributed by atoms with E-state index in [0.29, 0.717) is 5.56 Å². The van der Waals surface area contributed by atoms with E-state index in [1.165, 1.54) is 0 Å². The van der Waals surface area contributed by atoms with Gasteiger partial charge in [0.05, 0.1) is 11.9 Å². The molecule has 0 aliphatic carbocycles. The highest BCUT2D eigenvalue weighted by atomic mass is 16.5. The number of imidazole rings is 1. The SMILES string of the molecule is O=C(OC1CCN(c2ccncn2)CC1)c1ccc(-n2ccnc2)cc1. The van der Waals surface area contributed by atoms with Crippen molar-refractivity contribution in [1.82, 2.24) is 19.5 Å². The second-order valence-electron chi connectivity index (χ2n) is 6.18. The predicted molar refractivity (Wildman–Crippen MR) is 96.2 cm³/mol. The fraction of sp³-hybridized carbons (Fsp3) is 0.263. The molecule has 0 spiro atoms. The maximum Gasteiger partial charge on any atom is 0.338 e. The molecule has 3 heterocycles. The molecular weight excluding hydrogens is 330 g/mol. The van der Waals surface area contributed by atoms with E-state index in [1.54, 1.807) is 37.2 Å². The van der Waals surface area contributed by atoms with Gasteiger partial charge in [0.25, 0.3) is 0 Å². The molecule has 0 atom stereocenters. The van der Waals surface area contributed by atoms with Crippen molar-refractivity contribution in [2.75, 3.05) is 18.0 Å². The third-order valence-electron chi connectivity index (χ3n) is 4.51. The molecule has 1 aliphatic rings. The van der Waals surface area contributed by atoms with Crippen molar-refractivity contribution in [3.8, 4) is 5.69 Å². The van der Waals surface area contributed by atoms with Gasteiger partial charge >= 0.3 is 5.97 Å². The minimum Gasteiger partial charge on any atom is -0.459 e. The maximum atomic E-state index is 12.4. The molecule has 0 bridgehead atoms. The standard InChI is InChI=1S/C19H19N5O2/c25-19(15-1-3-16(4-2-15)24-12-9-21-14-24)26-17-6-10-23(11-7-17)18-5-8-20-13-22-18/h1-5,8-9,12-14,17H,6-7,10-11H2. The van der Waals surface area contributed by atoms with Gasteiger partial charge in [-0.1, -0.05) is 0 Å². The fourth-order valence-electron chi connectivity index (χ4n) is 3.07. The number of piperidine rings is 1. The number of hydrogen-bond acceptors (Lipinski definition) is 6. The summed E-state index contributed by atoms with van der Waals surface area (Å²) in [6.07, 6.45) is 10.1. The molecule has 0 saturated carbocycles. The Kier molecular flexibility index (Phi) is 4.59. The lowest BCUT2D eigenvalue weighted by Crippen LogP contribution is -2.38. The number of nitrogens with zero attached hydrogens (tertiary/aromatic N) is 5. The molecule has 0 unspecified atom stereocenters. The van der Waals surface area contributed by atoms with Gasteiger partial charge in [0.1, 0.15) is 18.2 Å². The molecule has 0 N–H and O–H groups in total. The Morgan fingerprint density at radius 2 is 1.85 bits per heavy atom. The van der Waals surface area contributed by atoms with Crippen LogP contribution in [0.15, 0.2) is 61.6 Å². The first-order chi connectivity index (χ1) is 12.8. The van der Waals surface area contributed by atoms with Gasteiger partial charge in [-0.3, -0.25) is 0 Å². The van der Waals surface area contributed by atoms with Crippen LogP contribution in [-0.2, 0) is 4.74 Å². The van der Waals surface area contributed by atoms with Crippen LogP contribution in [0.1, 0.15) is 23.2 Å². The van der Waals surface area contributed by atoms with Crippen molar-refractivity contribution in [2.45, 2.75) is 18.9 Å². The predicted octanol–water partition coefficient (Wildman–Crippen LogP) is 2.49. The van der Waals surface area contributed by atoms with E-state index < -0.39 is 0 Å². The molecule has 1 saturated heterocycles. The topological polar surface area (TPSA) is 73.1 Å². The van der Waals surface area contributed by atoms with Gasteiger partial charge in [-0.25, -0.2) is 19.7 Å². The van der Waals surface area contributed by atoms with Gasteiger partial charge in [-0.05, 0) is 30.3 Å². The normalized spacial score (nSPS) is 15.0. The zero-order valence-corrected chi connectivity index (χ0v) is 14.2. The van der Waals surface area contributed by atoms with Crippen LogP contribution in [0, 0.1) is 0 Å². The Balaban J connectivity index is 1.33. The van der Waals surface area contributed by atoms with Gasteiger partial charge in [0, 0.05) is 50.2 Å². The van der Waals surface area contributed by atoms with Crippen LogP contribution in [0.5, 0.6) is 0 Å². The van der Waals surface area contributed by atoms with Crippen LogP contribution < -0.4 is 4.90 Å². The minimum atomic E-state index is -0.275. The largest absolute Gasteiger partial charge is 0.459 e. The Morgan fingerprint density at radius 3 is 2.50 bits per heavy atom. The summed E-state index contributed by atoms with van der Waals surface area (Å²) in [6.45, 7) is 1.63. The number of anilines is 1. The van der Waals surface area contributed by atoms with Crippen LogP contribution >= 0.6 is 0 Å². The summed E-state index contributed by atoms with van der Waals surface area (Å²) < 4.78 is 7.56. The molecule has 7 nitrogen and oxygen atoms in total. The number of benzene rings is 1. The number of ether oxygens (including phenoxy) is 1. The first-order valence-electron chi connectivity index (χ1n) is 8.60. The first-order valence-corrected chi connectivity index (χ1v) is 8.60. The molecule has 26 heavy (non-hydrogen) atoms. The molecule has 1 aliphatic heterocycles. The molecule has 1 aromatic carbocycles. The highest BCUT2D eigenvalue weighted by Crippen LogP contribution is 2.20. The molecular formula is C19H19N5O2. The summed E-state index contributed by atoms with van der Waals surface area (Å²) in [5.74, 6) is 0.641. The number of aromatic nitrogens is 4. The number of carbonyl (C=O) groups excluding carboxylic acids is 1. The van der Waals surface area contributed by atoms with Crippen molar-refractivity contribution in [2.24, 2.45) is 0 Å². The van der Waals surface area contributed by atoms with E-state index >= 15 is 0 Å². The maximum absolute atomic E-state index is 12.4. The molecule has 0 amide bonds. The quantitative estimate of drug-likeness (QED) is 0.674. The number of esters is 1. The third-order valence-corrected chi connectivity index (χ3v) is 4.51. The van der Waals surface area contributed by atoms with Crippen molar-refractivity contribution in [1.29, 1.82) is 0 Å². The molecule has 1 fully saturated rings. The summed E-state index contributed by atoms with van der Waals surface area (Å²) in [4.78, 5) is 26.8. The second-order valence-corrected chi connectivity index (χ2v) is 6.18. The van der Waals surface area contributed by atoms with Gasteiger partial charge in [0.15, 0.2) is 0 Å². The zero-order chi connectivity index (χ0) is 17.8. The van der Waals surface area contributed by atoms with Crippen molar-refractivity contribution >= 4 is 11.8 Å². The Labute approximate surface area is 151 Å². The van der Waals surface area contributed by atoms with E-state index in [4.69, 9.17) is 4.74 Å². The highest BCUT2D eigenvalue weighted by Gasteiger charge is 2.23. The minimum absolute atomic E-state index is 0.0612. The highest BCUT2D eigenvalue weighted by molar-refractivity contribution is 5.89. The van der Waals surface area contributed by atoms with Crippen molar-refractivity contribution in [3.05, 3.63) is 67.1 Å². The Morgan fingerprint density at radius 1 is 1.04 bits per heavy atom. The monoisotopic (exact) mass is 349 g/mol. The molecule has 7 heteroatoms. The summed E-state index contributed by atoms with van der Waals surface area (Å²) in [5.41, 5.74) is 1.52. The molecule has 2 aromatic heterocycles. The smallest absolute Gasteiger partial charge is 0.338 e. The van der Waals surface area contributed by atoms with E-state index in [0.717, 1.165) is 37.4 Å². The summed E-state index contributed by atoms with van der Waals surface area (Å²) in [6, 6.07) is 9.24. The van der Waals surface area contributed by atoms with Crippen LogP contribution in [0.4, 0.5) is 5.82 Å². The van der Waals surface area contributed by atoms with E-state index in [2.05, 4.69) is 19.9 Å². The summed E-state index contributed by atoms with van der Waals surface area (Å²) in [5, 5.41) is 0. The van der Waals surface area contributed by atoms with E-state index in [9.17, 15) is 4.79 Å². The fourth-order valence-corrected chi connectivity index (χ4v) is 3.07. The average Bonchev–Trinajstić information content (AvgIpc) is 3.24. The van der Waals surface area contributed by atoms with Gasteiger partial charge in [-0.15, -0.1) is 0 Å². The van der Waals surface area contributed by atoms with E-state index in [-0.39, 0.29) is 12.1 Å². The van der Waals surface area contributed by atoms with Gasteiger partial charge in [-0.2, -0.15) is 0 Å². The number of hydrogen-bond donors (Lipinski definition) is 0. The lowest BCUT2D eigenvalue weighted by atomic mass is 10.1. The van der Waals surface area contributed by atoms with Gasteiger partial charge < -0.3 is 14.2 Å². The van der Waals surface area contributed by atoms with Crippen molar-refractivity contribution < 1.29 is 9.53 Å². The second kappa shape index (κ2) is 7.35. The number of carbonyl (C=O) groups is 1. The molecule has 132 valence electrons. The van der Waals surface area contributed by atoms with Gasteiger partial charge in [0.2, 0.25) is 0 Å². The third kappa shape index (κ3) is 3.56. The summed E-state index contributed by atoms with van der Waals surface area (Å²) in [7, 11) is 0. The van der Waals surface area contributed by atoms with Crippen LogP contribution in [0.3, 0.4) is 0 Å². The lowest BCUT2D eigenvalue weighted by molar-refractivity contribution is 0.0245. The van der Waals surface area contributed by atoms with Crippen LogP contribution in [0.2, 0.25) is 0 Å². The zero-order valence-electron chi connectivity index (χ0n) is 14.2. The van der Waals surface area contributed by atoms with Crippen molar-refractivity contribution in [3.63, 3.8) is 0 Å². The number of rotatable bonds is 4. The molecule has 3 aromatic rings. The Hall–Kier alpha value is -3.22. The average molecular weight is 349 g/mol. The molecule has 0 radical (unpaired) electrons. The lowest BCUT2D eigenvalue weighted by Gasteiger charge is -2.32.